The maximum Gasteiger partial charge on any atom is -0.00338 e. The summed E-state index contributed by atoms with van der Waals surface area (Å²) in [5.74, 6) is 7.17. The van der Waals surface area contributed by atoms with E-state index in [0.717, 1.165) is 11.8 Å². The van der Waals surface area contributed by atoms with E-state index in [1.165, 1.54) is 35.9 Å². The van der Waals surface area contributed by atoms with Crippen molar-refractivity contribution in [3.05, 3.63) is 0 Å². The Morgan fingerprint density at radius 3 is 2.00 bits per heavy atom. The molecule has 0 aliphatic carbocycles. The molecule has 0 aromatic carbocycles. The molecule has 0 radical (unpaired) electrons. The van der Waals surface area contributed by atoms with E-state index in [1.54, 1.807) is 0 Å². The third-order valence-electron chi connectivity index (χ3n) is 2.25. The van der Waals surface area contributed by atoms with E-state index in [4.69, 9.17) is 0 Å². The van der Waals surface area contributed by atoms with Crippen LogP contribution in [-0.2, 0) is 0 Å². The SMILES string of the molecule is CCCSCC(C)CSCC(C)CC. The van der Waals surface area contributed by atoms with Crippen LogP contribution in [0.2, 0.25) is 0 Å². The van der Waals surface area contributed by atoms with Crippen molar-refractivity contribution < 1.29 is 0 Å². The average Bonchev–Trinajstić information content (AvgIpc) is 2.18. The quantitative estimate of drug-likeness (QED) is 0.537. The molecule has 2 atom stereocenters. The summed E-state index contributed by atoms with van der Waals surface area (Å²) in [6, 6.07) is 0. The van der Waals surface area contributed by atoms with Crippen LogP contribution < -0.4 is 0 Å². The third-order valence-corrected chi connectivity index (χ3v) is 5.36. The van der Waals surface area contributed by atoms with E-state index < -0.39 is 0 Å². The minimum absolute atomic E-state index is 0.889. The third kappa shape index (κ3) is 9.26. The van der Waals surface area contributed by atoms with Gasteiger partial charge in [0.15, 0.2) is 0 Å². The molecule has 0 amide bonds. The Hall–Kier alpha value is 0.700. The maximum absolute atomic E-state index is 2.38. The van der Waals surface area contributed by atoms with Crippen molar-refractivity contribution >= 4 is 23.5 Å². The number of rotatable bonds is 9. The minimum Gasteiger partial charge on any atom is -0.162 e. The molecular weight excluding hydrogens is 208 g/mol. The Morgan fingerprint density at radius 1 is 0.857 bits per heavy atom. The van der Waals surface area contributed by atoms with E-state index in [1.807, 2.05) is 0 Å². The van der Waals surface area contributed by atoms with Crippen molar-refractivity contribution in [2.75, 3.05) is 23.0 Å². The molecule has 86 valence electrons. The highest BCUT2D eigenvalue weighted by molar-refractivity contribution is 8.00. The fraction of sp³-hybridized carbons (Fsp3) is 1.00. The maximum atomic E-state index is 2.38. The Balaban J connectivity index is 3.21. The van der Waals surface area contributed by atoms with Gasteiger partial charge < -0.3 is 0 Å². The molecule has 0 N–H and O–H groups in total. The van der Waals surface area contributed by atoms with Crippen molar-refractivity contribution in [3.63, 3.8) is 0 Å². The topological polar surface area (TPSA) is 0 Å². The molecule has 0 aromatic heterocycles. The fourth-order valence-corrected chi connectivity index (χ4v) is 3.48. The predicted molar refractivity (Wildman–Crippen MR) is 73.6 cm³/mol. The van der Waals surface area contributed by atoms with Crippen molar-refractivity contribution in [1.29, 1.82) is 0 Å². The Kier molecular flexibility index (Phi) is 10.7. The predicted octanol–water partition coefficient (Wildman–Crippen LogP) is 4.55. The number of thioether (sulfide) groups is 2. The normalized spacial score (nSPS) is 15.4. The summed E-state index contributed by atoms with van der Waals surface area (Å²) in [7, 11) is 0. The van der Waals surface area contributed by atoms with Gasteiger partial charge in [0.05, 0.1) is 0 Å². The lowest BCUT2D eigenvalue weighted by Crippen LogP contribution is -2.05. The lowest BCUT2D eigenvalue weighted by atomic mass is 10.2. The molecule has 0 saturated heterocycles. The molecule has 0 aromatic rings. The molecule has 0 heterocycles. The highest BCUT2D eigenvalue weighted by Crippen LogP contribution is 2.17. The van der Waals surface area contributed by atoms with E-state index in [2.05, 4.69) is 51.2 Å². The van der Waals surface area contributed by atoms with Gasteiger partial charge in [-0.1, -0.05) is 34.1 Å². The summed E-state index contributed by atoms with van der Waals surface area (Å²) in [5.41, 5.74) is 0. The summed E-state index contributed by atoms with van der Waals surface area (Å²) < 4.78 is 0. The Bertz CT molecular complexity index is 115. The van der Waals surface area contributed by atoms with Crippen LogP contribution in [0, 0.1) is 11.8 Å². The lowest BCUT2D eigenvalue weighted by Gasteiger charge is -2.12. The Labute approximate surface area is 99.0 Å². The second-order valence-corrected chi connectivity index (χ2v) is 6.46. The van der Waals surface area contributed by atoms with E-state index in [0.29, 0.717) is 0 Å². The van der Waals surface area contributed by atoms with Gasteiger partial charge in [-0.15, -0.1) is 0 Å². The van der Waals surface area contributed by atoms with E-state index in [-0.39, 0.29) is 0 Å². The zero-order valence-electron chi connectivity index (χ0n) is 10.2. The highest BCUT2D eigenvalue weighted by Gasteiger charge is 2.04. The molecule has 0 bridgehead atoms. The zero-order chi connectivity index (χ0) is 10.8. The molecule has 0 nitrogen and oxygen atoms in total. The molecule has 2 unspecified atom stereocenters. The van der Waals surface area contributed by atoms with Gasteiger partial charge >= 0.3 is 0 Å². The summed E-state index contributed by atoms with van der Waals surface area (Å²) in [4.78, 5) is 0. The first-order valence-corrected chi connectivity index (χ1v) is 8.17. The first-order valence-electron chi connectivity index (χ1n) is 5.86. The van der Waals surface area contributed by atoms with Crippen LogP contribution >= 0.6 is 23.5 Å². The summed E-state index contributed by atoms with van der Waals surface area (Å²) in [6.45, 7) is 9.27. The minimum atomic E-state index is 0.889. The fourth-order valence-electron chi connectivity index (χ4n) is 1.07. The molecule has 0 saturated carbocycles. The second-order valence-electron chi connectivity index (χ2n) is 4.23. The van der Waals surface area contributed by atoms with Crippen molar-refractivity contribution in [1.82, 2.24) is 0 Å². The standard InChI is InChI=1S/C12H26S2/c1-5-7-13-9-12(4)10-14-8-11(3)6-2/h11-12H,5-10H2,1-4H3. The van der Waals surface area contributed by atoms with Crippen LogP contribution in [0.25, 0.3) is 0 Å². The van der Waals surface area contributed by atoms with Crippen molar-refractivity contribution in [2.24, 2.45) is 11.8 Å². The molecular formula is C12H26S2. The van der Waals surface area contributed by atoms with Gasteiger partial charge in [-0.3, -0.25) is 0 Å². The molecule has 0 spiro atoms. The van der Waals surface area contributed by atoms with Gasteiger partial charge in [-0.2, -0.15) is 23.5 Å². The molecule has 0 fully saturated rings. The van der Waals surface area contributed by atoms with Crippen molar-refractivity contribution in [2.45, 2.75) is 40.5 Å². The second kappa shape index (κ2) is 10.2. The van der Waals surface area contributed by atoms with E-state index >= 15 is 0 Å². The Morgan fingerprint density at radius 2 is 1.43 bits per heavy atom. The molecule has 0 rings (SSSR count). The van der Waals surface area contributed by atoms with Gasteiger partial charge in [0.1, 0.15) is 0 Å². The van der Waals surface area contributed by atoms with Crippen LogP contribution in [0.5, 0.6) is 0 Å². The van der Waals surface area contributed by atoms with Crippen LogP contribution in [0.1, 0.15) is 40.5 Å². The number of hydrogen-bond acceptors (Lipinski definition) is 2. The van der Waals surface area contributed by atoms with Gasteiger partial charge in [0.25, 0.3) is 0 Å². The smallest absolute Gasteiger partial charge is 0.00338 e. The summed E-state index contributed by atoms with van der Waals surface area (Å²) in [5, 5.41) is 0. The van der Waals surface area contributed by atoms with Crippen LogP contribution in [-0.4, -0.2) is 23.0 Å². The number of hydrogen-bond donors (Lipinski definition) is 0. The first kappa shape index (κ1) is 14.7. The molecule has 0 aliphatic heterocycles. The molecule has 0 aliphatic rings. The van der Waals surface area contributed by atoms with Gasteiger partial charge in [0.2, 0.25) is 0 Å². The van der Waals surface area contributed by atoms with Gasteiger partial charge in [-0.25, -0.2) is 0 Å². The lowest BCUT2D eigenvalue weighted by molar-refractivity contribution is 0.635. The average molecular weight is 234 g/mol. The summed E-state index contributed by atoms with van der Waals surface area (Å²) >= 11 is 4.25. The van der Waals surface area contributed by atoms with E-state index in [9.17, 15) is 0 Å². The molecule has 14 heavy (non-hydrogen) atoms. The van der Waals surface area contributed by atoms with Gasteiger partial charge in [0, 0.05) is 0 Å². The van der Waals surface area contributed by atoms with Crippen molar-refractivity contribution in [3.8, 4) is 0 Å². The van der Waals surface area contributed by atoms with Crippen LogP contribution in [0.4, 0.5) is 0 Å². The summed E-state index contributed by atoms with van der Waals surface area (Å²) in [6.07, 6.45) is 2.64. The van der Waals surface area contributed by atoms with Crippen LogP contribution in [0.3, 0.4) is 0 Å². The molecule has 2 heteroatoms. The monoisotopic (exact) mass is 234 g/mol. The largest absolute Gasteiger partial charge is 0.162 e. The van der Waals surface area contributed by atoms with Gasteiger partial charge in [-0.05, 0) is 41.3 Å². The first-order chi connectivity index (χ1) is 6.70. The highest BCUT2D eigenvalue weighted by atomic mass is 32.2. The zero-order valence-corrected chi connectivity index (χ0v) is 11.8. The van der Waals surface area contributed by atoms with Crippen LogP contribution in [0.15, 0.2) is 0 Å².